The number of hydrogen-bond donors (Lipinski definition) is 1. The number of aromatic nitrogens is 1. The highest BCUT2D eigenvalue weighted by Gasteiger charge is 2.44. The molecule has 2 aliphatic rings. The van der Waals surface area contributed by atoms with Crippen LogP contribution in [0.1, 0.15) is 25.0 Å². The van der Waals surface area contributed by atoms with E-state index in [0.717, 1.165) is 34.8 Å². The predicted molar refractivity (Wildman–Crippen MR) is 116 cm³/mol. The van der Waals surface area contributed by atoms with Gasteiger partial charge in [0.25, 0.3) is 5.92 Å². The molecule has 0 aliphatic carbocycles. The molecule has 0 saturated carbocycles. The highest BCUT2D eigenvalue weighted by Crippen LogP contribution is 2.32. The van der Waals surface area contributed by atoms with Gasteiger partial charge in [0.05, 0.1) is 29.0 Å². The molecular weight excluding hydrogens is 495 g/mol. The minimum atomic E-state index is -4.27. The lowest BCUT2D eigenvalue weighted by Crippen LogP contribution is -2.45. The van der Waals surface area contributed by atoms with E-state index in [9.17, 15) is 35.2 Å². The summed E-state index contributed by atoms with van der Waals surface area (Å²) in [6, 6.07) is 3.96. The maximum atomic E-state index is 14.3. The Hall–Kier alpha value is -2.80. The number of anilines is 1. The van der Waals surface area contributed by atoms with E-state index < -0.39 is 65.1 Å². The van der Waals surface area contributed by atoms with Crippen LogP contribution in [-0.2, 0) is 21.4 Å². The molecule has 2 fully saturated rings. The first-order valence-electron chi connectivity index (χ1n) is 10.9. The monoisotopic (exact) mass is 518 g/mol. The fourth-order valence-electron chi connectivity index (χ4n) is 4.18. The molecule has 2 unspecified atom stereocenters. The Bertz CT molecular complexity index is 1190. The van der Waals surface area contributed by atoms with Gasteiger partial charge >= 0.3 is 0 Å². The third kappa shape index (κ3) is 5.56. The molecule has 13 heteroatoms. The van der Waals surface area contributed by atoms with Gasteiger partial charge in [0.1, 0.15) is 18.0 Å². The summed E-state index contributed by atoms with van der Waals surface area (Å²) in [6.07, 6.45) is -1.84. The Kier molecular flexibility index (Phi) is 7.00. The standard InChI is InChI=1S/C22H23F5N4O3S/c23-14-1-3-17(4-2-14)35(33,34)31-13-15(24)9-20(31)21(32)29-11-16-10-19(18(25)12-28-16)30-7-5-22(26,27)6-8-30/h1-4,10,12,15,20H,5-9,11,13H2,(H,29,32). The molecule has 0 bridgehead atoms. The lowest BCUT2D eigenvalue weighted by molar-refractivity contribution is -0.124. The van der Waals surface area contributed by atoms with Crippen LogP contribution in [0.4, 0.5) is 27.6 Å². The van der Waals surface area contributed by atoms with E-state index in [0.29, 0.717) is 0 Å². The molecular formula is C22H23F5N4O3S. The van der Waals surface area contributed by atoms with E-state index in [2.05, 4.69) is 10.3 Å². The summed E-state index contributed by atoms with van der Waals surface area (Å²) in [5.41, 5.74) is 0.291. The third-order valence-electron chi connectivity index (χ3n) is 6.10. The average Bonchev–Trinajstić information content (AvgIpc) is 3.21. The first-order valence-corrected chi connectivity index (χ1v) is 12.4. The Morgan fingerprint density at radius 1 is 1.14 bits per heavy atom. The zero-order valence-corrected chi connectivity index (χ0v) is 19.2. The maximum Gasteiger partial charge on any atom is 0.251 e. The Balaban J connectivity index is 1.45. The normalized spacial score (nSPS) is 22.8. The van der Waals surface area contributed by atoms with Crippen molar-refractivity contribution in [3.63, 3.8) is 0 Å². The maximum absolute atomic E-state index is 14.3. The van der Waals surface area contributed by atoms with E-state index in [1.54, 1.807) is 0 Å². The van der Waals surface area contributed by atoms with Gasteiger partial charge in [-0.1, -0.05) is 0 Å². The van der Waals surface area contributed by atoms with Crippen molar-refractivity contribution in [3.05, 3.63) is 53.9 Å². The Morgan fingerprint density at radius 3 is 2.46 bits per heavy atom. The lowest BCUT2D eigenvalue weighted by Gasteiger charge is -2.33. The number of hydrogen-bond acceptors (Lipinski definition) is 5. The molecule has 1 N–H and O–H groups in total. The van der Waals surface area contributed by atoms with Crippen molar-refractivity contribution in [1.29, 1.82) is 0 Å². The highest BCUT2D eigenvalue weighted by atomic mass is 32.2. The van der Waals surface area contributed by atoms with Crippen LogP contribution in [0.25, 0.3) is 0 Å². The van der Waals surface area contributed by atoms with E-state index in [-0.39, 0.29) is 42.3 Å². The van der Waals surface area contributed by atoms with Crippen LogP contribution in [0.15, 0.2) is 41.4 Å². The number of pyridine rings is 1. The SMILES string of the molecule is O=C(NCc1cc(N2CCC(F)(F)CC2)c(F)cn1)C1CC(F)CN1S(=O)(=O)c1ccc(F)cc1. The van der Waals surface area contributed by atoms with E-state index in [1.165, 1.54) is 11.0 Å². The summed E-state index contributed by atoms with van der Waals surface area (Å²) in [5, 5.41) is 2.49. The summed E-state index contributed by atoms with van der Waals surface area (Å²) in [4.78, 5) is 17.9. The van der Waals surface area contributed by atoms with Crippen molar-refractivity contribution in [2.75, 3.05) is 24.5 Å². The molecule has 2 aliphatic heterocycles. The zero-order valence-electron chi connectivity index (χ0n) is 18.4. The molecule has 1 aromatic heterocycles. The second kappa shape index (κ2) is 9.69. The summed E-state index contributed by atoms with van der Waals surface area (Å²) in [5.74, 6) is -4.92. The smallest absolute Gasteiger partial charge is 0.251 e. The van der Waals surface area contributed by atoms with E-state index in [4.69, 9.17) is 0 Å². The van der Waals surface area contributed by atoms with Crippen LogP contribution < -0.4 is 10.2 Å². The van der Waals surface area contributed by atoms with Gasteiger partial charge in [-0.3, -0.25) is 9.78 Å². The van der Waals surface area contributed by atoms with Crippen LogP contribution in [0.3, 0.4) is 0 Å². The van der Waals surface area contributed by atoms with Crippen molar-refractivity contribution >= 4 is 21.6 Å². The molecule has 0 spiro atoms. The molecule has 4 rings (SSSR count). The van der Waals surface area contributed by atoms with Gasteiger partial charge in [0.15, 0.2) is 5.82 Å². The van der Waals surface area contributed by atoms with Crippen LogP contribution in [0.5, 0.6) is 0 Å². The van der Waals surface area contributed by atoms with Gasteiger partial charge < -0.3 is 10.2 Å². The number of amides is 1. The number of sulfonamides is 1. The third-order valence-corrected chi connectivity index (χ3v) is 7.99. The average molecular weight is 519 g/mol. The lowest BCUT2D eigenvalue weighted by atomic mass is 10.1. The topological polar surface area (TPSA) is 82.6 Å². The first-order chi connectivity index (χ1) is 16.5. The molecule has 2 atom stereocenters. The second-order valence-corrected chi connectivity index (χ2v) is 10.5. The van der Waals surface area contributed by atoms with Gasteiger partial charge in [-0.2, -0.15) is 4.31 Å². The molecule has 190 valence electrons. The second-order valence-electron chi connectivity index (χ2n) is 8.57. The Morgan fingerprint density at radius 2 is 1.80 bits per heavy atom. The molecule has 35 heavy (non-hydrogen) atoms. The van der Waals surface area contributed by atoms with Crippen molar-refractivity contribution in [1.82, 2.24) is 14.6 Å². The van der Waals surface area contributed by atoms with Gasteiger partial charge in [-0.15, -0.1) is 0 Å². The molecule has 0 radical (unpaired) electrons. The largest absolute Gasteiger partial charge is 0.369 e. The number of carbonyl (C=O) groups is 1. The van der Waals surface area contributed by atoms with Crippen molar-refractivity contribution in [3.8, 4) is 0 Å². The van der Waals surface area contributed by atoms with Crippen LogP contribution >= 0.6 is 0 Å². The molecule has 1 amide bonds. The first kappa shape index (κ1) is 25.3. The number of nitrogens with one attached hydrogen (secondary N) is 1. The van der Waals surface area contributed by atoms with Crippen molar-refractivity contribution in [2.45, 2.75) is 48.8 Å². The minimum absolute atomic E-state index is 0.0457. The van der Waals surface area contributed by atoms with E-state index >= 15 is 0 Å². The fourth-order valence-corrected chi connectivity index (χ4v) is 5.81. The number of alkyl halides is 3. The number of carbonyl (C=O) groups excluding carboxylic acids is 1. The quantitative estimate of drug-likeness (QED) is 0.595. The van der Waals surface area contributed by atoms with Gasteiger partial charge in [-0.25, -0.2) is 30.4 Å². The zero-order chi connectivity index (χ0) is 25.4. The number of halogens is 5. The Labute approximate surface area is 199 Å². The van der Waals surface area contributed by atoms with Gasteiger partial charge in [0, 0.05) is 38.9 Å². The molecule has 7 nitrogen and oxygen atoms in total. The number of piperidine rings is 1. The van der Waals surface area contributed by atoms with Crippen molar-refractivity contribution in [2.24, 2.45) is 0 Å². The number of nitrogens with zero attached hydrogens (tertiary/aromatic N) is 3. The highest BCUT2D eigenvalue weighted by molar-refractivity contribution is 7.89. The minimum Gasteiger partial charge on any atom is -0.369 e. The predicted octanol–water partition coefficient (Wildman–Crippen LogP) is 3.01. The van der Waals surface area contributed by atoms with E-state index in [1.807, 2.05) is 0 Å². The summed E-state index contributed by atoms with van der Waals surface area (Å²) in [7, 11) is -4.27. The molecule has 1 aromatic carbocycles. The summed E-state index contributed by atoms with van der Waals surface area (Å²) < 4.78 is 95.1. The van der Waals surface area contributed by atoms with Gasteiger partial charge in [0.2, 0.25) is 15.9 Å². The number of rotatable bonds is 6. The fraction of sp³-hybridized carbons (Fsp3) is 0.455. The van der Waals surface area contributed by atoms with Gasteiger partial charge in [-0.05, 0) is 30.3 Å². The molecule has 2 saturated heterocycles. The summed E-state index contributed by atoms with van der Waals surface area (Å²) in [6.45, 7) is -0.837. The van der Waals surface area contributed by atoms with Crippen LogP contribution in [0.2, 0.25) is 0 Å². The molecule has 2 aromatic rings. The molecule has 3 heterocycles. The summed E-state index contributed by atoms with van der Waals surface area (Å²) >= 11 is 0. The van der Waals surface area contributed by atoms with Crippen LogP contribution in [-0.4, -0.2) is 61.4 Å². The number of benzene rings is 1. The van der Waals surface area contributed by atoms with Crippen molar-refractivity contribution < 1.29 is 35.2 Å². The van der Waals surface area contributed by atoms with Crippen LogP contribution in [0, 0.1) is 11.6 Å².